The molecule has 0 saturated carbocycles. The van der Waals surface area contributed by atoms with E-state index in [4.69, 9.17) is 11.6 Å². The Balaban J connectivity index is 2.18. The Kier molecular flexibility index (Phi) is 4.09. The third-order valence-electron chi connectivity index (χ3n) is 3.66. The van der Waals surface area contributed by atoms with Crippen LogP contribution in [0.3, 0.4) is 0 Å². The molecule has 0 N–H and O–H groups in total. The van der Waals surface area contributed by atoms with Crippen LogP contribution in [0.4, 0.5) is 0 Å². The number of aromatic nitrogens is 3. The highest BCUT2D eigenvalue weighted by Crippen LogP contribution is 2.36. The third kappa shape index (κ3) is 3.07. The zero-order chi connectivity index (χ0) is 16.6. The number of benzene rings is 1. The van der Waals surface area contributed by atoms with E-state index in [0.29, 0.717) is 17.9 Å². The van der Waals surface area contributed by atoms with Crippen molar-refractivity contribution < 1.29 is 9.36 Å². The van der Waals surface area contributed by atoms with Crippen LogP contribution < -0.4 is 5.30 Å². The molecule has 3 aromatic rings. The number of hydrogen-bond donors (Lipinski definition) is 0. The van der Waals surface area contributed by atoms with E-state index in [1.165, 1.54) is 0 Å². The third-order valence-corrected chi connectivity index (χ3v) is 5.44. The van der Waals surface area contributed by atoms with Crippen LogP contribution in [0.5, 0.6) is 0 Å². The van der Waals surface area contributed by atoms with E-state index in [9.17, 15) is 9.36 Å². The number of hydrogen-bond acceptors (Lipinski definition) is 4. The lowest BCUT2D eigenvalue weighted by Gasteiger charge is -2.15. The minimum absolute atomic E-state index is 0.124. The average Bonchev–Trinajstić information content (AvgIpc) is 2.84. The Bertz CT molecular complexity index is 946. The van der Waals surface area contributed by atoms with Gasteiger partial charge in [0.05, 0.1) is 12.2 Å². The number of nitrogens with zero attached hydrogens (tertiary/aromatic N) is 3. The fourth-order valence-corrected chi connectivity index (χ4v) is 4.05. The van der Waals surface area contributed by atoms with E-state index in [1.54, 1.807) is 30.2 Å². The molecule has 0 atom stereocenters. The molecular formula is C16H15ClN3O2P. The first-order valence-electron chi connectivity index (χ1n) is 7.00. The van der Waals surface area contributed by atoms with E-state index in [2.05, 4.69) is 9.97 Å². The molecule has 0 bridgehead atoms. The van der Waals surface area contributed by atoms with Gasteiger partial charge in [0, 0.05) is 16.9 Å². The zero-order valence-corrected chi connectivity index (χ0v) is 14.4. The van der Waals surface area contributed by atoms with Crippen molar-refractivity contribution >= 4 is 41.4 Å². The van der Waals surface area contributed by atoms with Gasteiger partial charge in [0.25, 0.3) is 0 Å². The van der Waals surface area contributed by atoms with Crippen molar-refractivity contribution in [2.75, 3.05) is 13.3 Å². The van der Waals surface area contributed by atoms with Gasteiger partial charge in [-0.2, -0.15) is 4.98 Å². The summed E-state index contributed by atoms with van der Waals surface area (Å²) in [5.41, 5.74) is 1.97. The predicted octanol–water partition coefficient (Wildman–Crippen LogP) is 3.19. The van der Waals surface area contributed by atoms with E-state index in [0.717, 1.165) is 22.5 Å². The van der Waals surface area contributed by atoms with Crippen LogP contribution in [0.25, 0.3) is 11.0 Å². The minimum Gasteiger partial charge on any atom is -0.319 e. The summed E-state index contributed by atoms with van der Waals surface area (Å²) < 4.78 is 14.3. The van der Waals surface area contributed by atoms with Gasteiger partial charge in [0.15, 0.2) is 6.29 Å². The molecule has 2 heterocycles. The molecule has 0 saturated heterocycles. The first kappa shape index (κ1) is 15.9. The Morgan fingerprint density at radius 3 is 2.74 bits per heavy atom. The van der Waals surface area contributed by atoms with Gasteiger partial charge in [0.2, 0.25) is 5.28 Å². The topological polar surface area (TPSA) is 64.8 Å². The van der Waals surface area contributed by atoms with Crippen LogP contribution in [-0.4, -0.2) is 34.2 Å². The van der Waals surface area contributed by atoms with Crippen molar-refractivity contribution in [2.24, 2.45) is 0 Å². The maximum absolute atomic E-state index is 12.5. The highest BCUT2D eigenvalue weighted by Gasteiger charge is 2.18. The van der Waals surface area contributed by atoms with Gasteiger partial charge in [-0.25, -0.2) is 4.98 Å². The standard InChI is InChI=1S/C16H15ClN3O2P/c1-23(2,22)14-6-4-3-5-11(14)9-20-13(10-21)7-12-8-18-16(17)19-15(12)20/h3-8,10H,9H2,1-2H3. The monoisotopic (exact) mass is 347 g/mol. The van der Waals surface area contributed by atoms with Crippen molar-refractivity contribution in [1.82, 2.24) is 14.5 Å². The van der Waals surface area contributed by atoms with Crippen molar-refractivity contribution in [2.45, 2.75) is 6.54 Å². The second kappa shape index (κ2) is 5.91. The van der Waals surface area contributed by atoms with Gasteiger partial charge in [-0.3, -0.25) is 4.79 Å². The summed E-state index contributed by atoms with van der Waals surface area (Å²) in [6.45, 7) is 3.87. The number of carbonyl (C=O) groups is 1. The molecule has 0 aliphatic heterocycles. The second-order valence-corrected chi connectivity index (χ2v) is 9.19. The second-order valence-electron chi connectivity index (χ2n) is 5.67. The highest BCUT2D eigenvalue weighted by atomic mass is 35.5. The number of carbonyl (C=O) groups excluding carboxylic acids is 1. The quantitative estimate of drug-likeness (QED) is 0.413. The van der Waals surface area contributed by atoms with Crippen molar-refractivity contribution in [3.8, 4) is 0 Å². The lowest BCUT2D eigenvalue weighted by Crippen LogP contribution is -2.15. The molecule has 0 unspecified atom stereocenters. The molecule has 0 aliphatic carbocycles. The Labute approximate surface area is 138 Å². The maximum Gasteiger partial charge on any atom is 0.224 e. The molecule has 0 fully saturated rings. The van der Waals surface area contributed by atoms with Crippen LogP contribution in [0.1, 0.15) is 16.1 Å². The lowest BCUT2D eigenvalue weighted by molar-refractivity contribution is 0.111. The molecule has 0 radical (unpaired) electrons. The van der Waals surface area contributed by atoms with Gasteiger partial charge in [-0.15, -0.1) is 0 Å². The van der Waals surface area contributed by atoms with Gasteiger partial charge >= 0.3 is 0 Å². The maximum atomic E-state index is 12.5. The molecule has 2 aromatic heterocycles. The number of halogens is 1. The summed E-state index contributed by atoms with van der Waals surface area (Å²) in [6, 6.07) is 9.26. The van der Waals surface area contributed by atoms with E-state index in [1.807, 2.05) is 24.3 Å². The molecule has 118 valence electrons. The number of fused-ring (bicyclic) bond motifs is 1. The number of rotatable bonds is 4. The fourth-order valence-electron chi connectivity index (χ4n) is 2.64. The normalized spacial score (nSPS) is 11.8. The van der Waals surface area contributed by atoms with Gasteiger partial charge in [-0.05, 0) is 36.6 Å². The van der Waals surface area contributed by atoms with E-state index in [-0.39, 0.29) is 5.28 Å². The summed E-state index contributed by atoms with van der Waals surface area (Å²) in [5, 5.41) is 1.67. The Morgan fingerprint density at radius 2 is 2.04 bits per heavy atom. The largest absolute Gasteiger partial charge is 0.319 e. The minimum atomic E-state index is -2.43. The summed E-state index contributed by atoms with van der Waals surface area (Å²) in [5.74, 6) is 0. The van der Waals surface area contributed by atoms with Crippen LogP contribution in [0.15, 0.2) is 36.5 Å². The van der Waals surface area contributed by atoms with Crippen molar-refractivity contribution in [3.63, 3.8) is 0 Å². The lowest BCUT2D eigenvalue weighted by atomic mass is 10.2. The van der Waals surface area contributed by atoms with Crippen molar-refractivity contribution in [3.05, 3.63) is 53.1 Å². The zero-order valence-electron chi connectivity index (χ0n) is 12.7. The number of aldehydes is 1. The molecule has 0 amide bonds. The fraction of sp³-hybridized carbons (Fsp3) is 0.188. The van der Waals surface area contributed by atoms with Crippen LogP contribution >= 0.6 is 18.7 Å². The highest BCUT2D eigenvalue weighted by molar-refractivity contribution is 7.70. The predicted molar refractivity (Wildman–Crippen MR) is 92.6 cm³/mol. The SMILES string of the molecule is CP(C)(=O)c1ccccc1Cn1c(C=O)cc2cnc(Cl)nc21. The Morgan fingerprint density at radius 1 is 1.30 bits per heavy atom. The average molecular weight is 348 g/mol. The van der Waals surface area contributed by atoms with Gasteiger partial charge < -0.3 is 9.13 Å². The molecule has 23 heavy (non-hydrogen) atoms. The molecule has 7 heteroatoms. The summed E-state index contributed by atoms with van der Waals surface area (Å²) in [4.78, 5) is 19.6. The van der Waals surface area contributed by atoms with Crippen LogP contribution in [0.2, 0.25) is 5.28 Å². The van der Waals surface area contributed by atoms with Crippen LogP contribution in [-0.2, 0) is 11.1 Å². The Hall–Kier alpha value is -1.97. The smallest absolute Gasteiger partial charge is 0.224 e. The molecule has 0 spiro atoms. The molecule has 0 aliphatic rings. The van der Waals surface area contributed by atoms with Crippen molar-refractivity contribution in [1.29, 1.82) is 0 Å². The van der Waals surface area contributed by atoms with Crippen LogP contribution in [0, 0.1) is 0 Å². The van der Waals surface area contributed by atoms with E-state index >= 15 is 0 Å². The van der Waals surface area contributed by atoms with E-state index < -0.39 is 7.14 Å². The summed E-state index contributed by atoms with van der Waals surface area (Å²) >= 11 is 5.88. The first-order chi connectivity index (χ1) is 10.9. The molecular weight excluding hydrogens is 333 g/mol. The molecule has 1 aromatic carbocycles. The summed E-state index contributed by atoms with van der Waals surface area (Å²) in [7, 11) is -2.43. The molecule has 3 rings (SSSR count). The molecule has 5 nitrogen and oxygen atoms in total. The first-order valence-corrected chi connectivity index (χ1v) is 9.98. The van der Waals surface area contributed by atoms with Gasteiger partial charge in [0.1, 0.15) is 12.8 Å². The van der Waals surface area contributed by atoms with Gasteiger partial charge in [-0.1, -0.05) is 24.3 Å². The summed E-state index contributed by atoms with van der Waals surface area (Å²) in [6.07, 6.45) is 2.36.